The number of rotatable bonds is 8. The van der Waals surface area contributed by atoms with Crippen LogP contribution in [0.1, 0.15) is 48.0 Å². The van der Waals surface area contributed by atoms with Crippen molar-refractivity contribution >= 4 is 29.6 Å². The second-order valence-corrected chi connectivity index (χ2v) is 10.1. The number of benzene rings is 2. The highest BCUT2D eigenvalue weighted by Crippen LogP contribution is 2.26. The highest BCUT2D eigenvalue weighted by atomic mass is 16.7. The van der Waals surface area contributed by atoms with Gasteiger partial charge in [-0.25, -0.2) is 5.01 Å². The van der Waals surface area contributed by atoms with Crippen LogP contribution in [-0.4, -0.2) is 77.7 Å². The maximum atomic E-state index is 13.7. The number of amides is 4. The van der Waals surface area contributed by atoms with E-state index in [0.29, 0.717) is 24.2 Å². The standard InChI is InChI=1S/C29H32N4O8/c1-39-20-11-9-19(10-12-20)26(36)30-21-13-14-24(34)32-15-5-8-23(33(32)28(21)38)27(37)31-22-16-25(35)41-29(22)40-17-18-6-3-2-4-7-18/h2-4,6-7,9-12,21-23,29H,5,8,13-17H2,1H3,(H,30,36)(H,31,37)/t21-,22-,23-,29?/m0/s1. The van der Waals surface area contributed by atoms with Gasteiger partial charge >= 0.3 is 5.97 Å². The monoisotopic (exact) mass is 564 g/mol. The van der Waals surface area contributed by atoms with Gasteiger partial charge in [-0.2, -0.15) is 0 Å². The number of hydrogen-bond acceptors (Lipinski definition) is 8. The van der Waals surface area contributed by atoms with E-state index in [-0.39, 0.29) is 38.3 Å². The van der Waals surface area contributed by atoms with Crippen molar-refractivity contribution in [3.8, 4) is 5.75 Å². The van der Waals surface area contributed by atoms with Crippen molar-refractivity contribution in [3.05, 3.63) is 65.7 Å². The van der Waals surface area contributed by atoms with Gasteiger partial charge in [-0.3, -0.25) is 29.0 Å². The van der Waals surface area contributed by atoms with Gasteiger partial charge in [0.25, 0.3) is 11.8 Å². The molecule has 216 valence electrons. The normalized spacial score (nSPS) is 24.3. The van der Waals surface area contributed by atoms with E-state index in [1.807, 2.05) is 30.3 Å². The van der Waals surface area contributed by atoms with Crippen molar-refractivity contribution in [2.45, 2.75) is 63.1 Å². The molecule has 2 aromatic carbocycles. The minimum absolute atomic E-state index is 0.0322. The maximum Gasteiger partial charge on any atom is 0.310 e. The molecule has 4 amide bonds. The number of ether oxygens (including phenoxy) is 3. The SMILES string of the molecule is COc1ccc(C(=O)N[C@H]2CCC(=O)N3CCC[C@@H](C(=O)N[C@H]4CC(=O)OC4OCc4ccccc4)N3C2=O)cc1. The molecule has 0 bridgehead atoms. The Kier molecular flexibility index (Phi) is 8.48. The van der Waals surface area contributed by atoms with Gasteiger partial charge in [0.15, 0.2) is 0 Å². The molecule has 3 aliphatic rings. The summed E-state index contributed by atoms with van der Waals surface area (Å²) in [6, 6.07) is 13.0. The molecule has 12 nitrogen and oxygen atoms in total. The van der Waals surface area contributed by atoms with Gasteiger partial charge in [-0.1, -0.05) is 30.3 Å². The first-order valence-corrected chi connectivity index (χ1v) is 13.6. The Morgan fingerprint density at radius 1 is 1.00 bits per heavy atom. The lowest BCUT2D eigenvalue weighted by Crippen LogP contribution is -2.64. The minimum Gasteiger partial charge on any atom is -0.497 e. The van der Waals surface area contributed by atoms with Crippen LogP contribution in [0.4, 0.5) is 0 Å². The highest BCUT2D eigenvalue weighted by molar-refractivity contribution is 5.99. The summed E-state index contributed by atoms with van der Waals surface area (Å²) in [4.78, 5) is 65.3. The minimum atomic E-state index is -1.01. The van der Waals surface area contributed by atoms with Crippen LogP contribution in [0.5, 0.6) is 5.75 Å². The molecule has 4 atom stereocenters. The number of hydrazine groups is 1. The fourth-order valence-corrected chi connectivity index (χ4v) is 5.23. The number of carbonyl (C=O) groups is 5. The molecule has 0 aromatic heterocycles. The number of nitrogens with one attached hydrogen (secondary N) is 2. The van der Waals surface area contributed by atoms with Crippen molar-refractivity contribution in [1.29, 1.82) is 0 Å². The molecule has 0 saturated carbocycles. The molecule has 3 heterocycles. The summed E-state index contributed by atoms with van der Waals surface area (Å²) in [5.41, 5.74) is 1.20. The number of nitrogens with zero attached hydrogens (tertiary/aromatic N) is 2. The molecule has 3 aliphatic heterocycles. The fraction of sp³-hybridized carbons (Fsp3) is 0.414. The summed E-state index contributed by atoms with van der Waals surface area (Å²) in [7, 11) is 1.52. The van der Waals surface area contributed by atoms with Crippen molar-refractivity contribution in [2.24, 2.45) is 0 Å². The fourth-order valence-electron chi connectivity index (χ4n) is 5.23. The molecule has 0 spiro atoms. The van der Waals surface area contributed by atoms with E-state index < -0.39 is 48.1 Å². The Balaban J connectivity index is 1.28. The molecule has 2 N–H and O–H groups in total. The summed E-state index contributed by atoms with van der Waals surface area (Å²) in [5, 5.41) is 8.01. The largest absolute Gasteiger partial charge is 0.497 e. The Hall–Kier alpha value is -4.45. The number of esters is 1. The van der Waals surface area contributed by atoms with Gasteiger partial charge < -0.3 is 24.8 Å². The van der Waals surface area contributed by atoms with Crippen LogP contribution >= 0.6 is 0 Å². The summed E-state index contributed by atoms with van der Waals surface area (Å²) in [6.45, 7) is 0.457. The van der Waals surface area contributed by atoms with Crippen molar-refractivity contribution < 1.29 is 38.2 Å². The number of methoxy groups -OCH3 is 1. The predicted octanol–water partition coefficient (Wildman–Crippen LogP) is 1.30. The van der Waals surface area contributed by atoms with E-state index in [1.165, 1.54) is 17.1 Å². The van der Waals surface area contributed by atoms with Crippen LogP contribution in [0, 0.1) is 0 Å². The maximum absolute atomic E-state index is 13.7. The first-order chi connectivity index (χ1) is 19.8. The molecule has 12 heteroatoms. The van der Waals surface area contributed by atoms with Gasteiger partial charge in [0, 0.05) is 18.5 Å². The van der Waals surface area contributed by atoms with E-state index in [4.69, 9.17) is 14.2 Å². The Labute approximate surface area is 236 Å². The smallest absolute Gasteiger partial charge is 0.310 e. The van der Waals surface area contributed by atoms with E-state index in [1.54, 1.807) is 24.3 Å². The zero-order valence-electron chi connectivity index (χ0n) is 22.6. The molecule has 3 saturated heterocycles. The summed E-state index contributed by atoms with van der Waals surface area (Å²) >= 11 is 0. The van der Waals surface area contributed by atoms with Crippen LogP contribution in [0.2, 0.25) is 0 Å². The van der Waals surface area contributed by atoms with Crippen LogP contribution in [0.15, 0.2) is 54.6 Å². The number of cyclic esters (lactones) is 1. The van der Waals surface area contributed by atoms with Crippen LogP contribution in [0.3, 0.4) is 0 Å². The summed E-state index contributed by atoms with van der Waals surface area (Å²) in [6.07, 6.45) is -0.146. The Morgan fingerprint density at radius 2 is 1.76 bits per heavy atom. The highest BCUT2D eigenvalue weighted by Gasteiger charge is 2.46. The number of hydrogen-bond donors (Lipinski definition) is 2. The van der Waals surface area contributed by atoms with Crippen molar-refractivity contribution in [3.63, 3.8) is 0 Å². The second kappa shape index (κ2) is 12.4. The van der Waals surface area contributed by atoms with E-state index >= 15 is 0 Å². The molecule has 0 radical (unpaired) electrons. The molecule has 2 aromatic rings. The third-order valence-electron chi connectivity index (χ3n) is 7.37. The van der Waals surface area contributed by atoms with Crippen molar-refractivity contribution in [2.75, 3.05) is 13.7 Å². The Morgan fingerprint density at radius 3 is 2.49 bits per heavy atom. The summed E-state index contributed by atoms with van der Waals surface area (Å²) in [5.74, 6) is -1.80. The Bertz CT molecular complexity index is 1300. The first-order valence-electron chi connectivity index (χ1n) is 13.6. The molecule has 5 rings (SSSR count). The van der Waals surface area contributed by atoms with E-state index in [0.717, 1.165) is 5.56 Å². The summed E-state index contributed by atoms with van der Waals surface area (Å²) < 4.78 is 16.2. The molecule has 3 fully saturated rings. The third-order valence-corrected chi connectivity index (χ3v) is 7.37. The third kappa shape index (κ3) is 6.32. The lowest BCUT2D eigenvalue weighted by molar-refractivity contribution is -0.177. The molecular weight excluding hydrogens is 532 g/mol. The van der Waals surface area contributed by atoms with Gasteiger partial charge in [0.1, 0.15) is 23.9 Å². The van der Waals surface area contributed by atoms with Crippen LogP contribution in [-0.2, 0) is 35.3 Å². The van der Waals surface area contributed by atoms with Gasteiger partial charge in [0.05, 0.1) is 20.1 Å². The second-order valence-electron chi connectivity index (χ2n) is 10.1. The molecule has 41 heavy (non-hydrogen) atoms. The van der Waals surface area contributed by atoms with Crippen LogP contribution in [0.25, 0.3) is 0 Å². The number of fused-ring (bicyclic) bond motifs is 1. The predicted molar refractivity (Wildman–Crippen MR) is 143 cm³/mol. The topological polar surface area (TPSA) is 144 Å². The molecular formula is C29H32N4O8. The number of carbonyl (C=O) groups excluding carboxylic acids is 5. The first kappa shape index (κ1) is 28.1. The van der Waals surface area contributed by atoms with Crippen molar-refractivity contribution in [1.82, 2.24) is 20.7 Å². The molecule has 0 aliphatic carbocycles. The lowest BCUT2D eigenvalue weighted by atomic mass is 10.0. The lowest BCUT2D eigenvalue weighted by Gasteiger charge is -2.43. The quantitative estimate of drug-likeness (QED) is 0.457. The van der Waals surface area contributed by atoms with Gasteiger partial charge in [0.2, 0.25) is 18.1 Å². The van der Waals surface area contributed by atoms with Gasteiger partial charge in [-0.05, 0) is 49.1 Å². The average molecular weight is 565 g/mol. The zero-order valence-corrected chi connectivity index (χ0v) is 22.6. The average Bonchev–Trinajstić information content (AvgIpc) is 3.30. The van der Waals surface area contributed by atoms with Crippen LogP contribution < -0.4 is 15.4 Å². The van der Waals surface area contributed by atoms with Gasteiger partial charge in [-0.15, -0.1) is 0 Å². The molecule has 1 unspecified atom stereocenters. The zero-order chi connectivity index (χ0) is 28.9. The van der Waals surface area contributed by atoms with E-state index in [9.17, 15) is 24.0 Å². The van der Waals surface area contributed by atoms with E-state index in [2.05, 4.69) is 10.6 Å².